The molecule has 0 bridgehead atoms. The molecule has 328 valence electrons. The highest BCUT2D eigenvalue weighted by Gasteiger charge is 2.45. The zero-order valence-corrected chi connectivity index (χ0v) is 35.8. The quantitative estimate of drug-likeness (QED) is 0.0729. The van der Waals surface area contributed by atoms with Crippen LogP contribution in [0.15, 0.2) is 97.5 Å². The number of hydrogen-bond donors (Lipinski definition) is 3. The summed E-state index contributed by atoms with van der Waals surface area (Å²) in [4.78, 5) is 95.3. The average Bonchev–Trinajstić information content (AvgIpc) is 3.56. The third-order valence-electron chi connectivity index (χ3n) is 12.1. The fourth-order valence-corrected chi connectivity index (χ4v) is 8.50. The molecular weight excluding hydrogens is 811 g/mol. The molecule has 0 radical (unpaired) electrons. The number of amides is 6. The normalized spacial score (nSPS) is 16.4. The van der Waals surface area contributed by atoms with Crippen molar-refractivity contribution in [1.82, 2.24) is 35.0 Å². The number of benzene rings is 3. The zero-order valence-electron chi connectivity index (χ0n) is 35.8. The van der Waals surface area contributed by atoms with Gasteiger partial charge in [0, 0.05) is 86.7 Å². The van der Waals surface area contributed by atoms with Crippen molar-refractivity contribution in [3.8, 4) is 11.3 Å². The first kappa shape index (κ1) is 43.5. The molecule has 15 heteroatoms. The third-order valence-corrected chi connectivity index (χ3v) is 12.1. The number of fused-ring (bicyclic) bond motifs is 1. The molecule has 3 aliphatic heterocycles. The topological polar surface area (TPSA) is 187 Å². The van der Waals surface area contributed by atoms with Crippen molar-refractivity contribution in [3.63, 3.8) is 0 Å². The molecule has 64 heavy (non-hydrogen) atoms. The van der Waals surface area contributed by atoms with Gasteiger partial charge < -0.3 is 15.5 Å². The molecule has 0 spiro atoms. The molecule has 3 aromatic carbocycles. The van der Waals surface area contributed by atoms with Gasteiger partial charge in [-0.2, -0.15) is 0 Å². The molecule has 3 N–H and O–H groups in total. The maximum absolute atomic E-state index is 13.4. The minimum absolute atomic E-state index is 0.0844. The standard InChI is InChI=1S/C49H51N9O6/c1-32-14-19-37(29-40(32)54-49-51-24-22-39(53-49)36-11-8-23-50-30-36)52-45(61)35-17-15-33(16-18-35)31-56-25-27-57(28-26-56)43(60)13-6-4-2-3-5-9-34-10-7-12-38-44(34)48(64)58(47(38)63)41-20-21-42(59)55-46(41)62/h7-8,10-12,14-19,22-24,29-30,41H,2-6,9,13,20-21,25-28,31H2,1H3,(H,52,61)(H,51,53,54)(H,55,59,62). The summed E-state index contributed by atoms with van der Waals surface area (Å²) in [5, 5.41) is 8.52. The van der Waals surface area contributed by atoms with Gasteiger partial charge in [-0.15, -0.1) is 0 Å². The van der Waals surface area contributed by atoms with Crippen molar-refractivity contribution in [2.75, 3.05) is 36.8 Å². The van der Waals surface area contributed by atoms with Crippen LogP contribution in [0, 0.1) is 6.92 Å². The second kappa shape index (κ2) is 19.9. The van der Waals surface area contributed by atoms with Gasteiger partial charge in [0.1, 0.15) is 6.04 Å². The lowest BCUT2D eigenvalue weighted by Crippen LogP contribution is -2.54. The van der Waals surface area contributed by atoms with E-state index in [2.05, 4.69) is 35.8 Å². The lowest BCUT2D eigenvalue weighted by Gasteiger charge is -2.35. The molecule has 1 atom stereocenters. The Morgan fingerprint density at radius 2 is 1.62 bits per heavy atom. The van der Waals surface area contributed by atoms with Gasteiger partial charge in [-0.1, -0.05) is 49.6 Å². The van der Waals surface area contributed by atoms with Crippen LogP contribution in [-0.2, 0) is 27.3 Å². The van der Waals surface area contributed by atoms with Crippen LogP contribution in [0.1, 0.15) is 99.1 Å². The second-order valence-electron chi connectivity index (χ2n) is 16.5. The lowest BCUT2D eigenvalue weighted by atomic mass is 9.97. The number of piperidine rings is 1. The monoisotopic (exact) mass is 861 g/mol. The molecule has 15 nitrogen and oxygen atoms in total. The van der Waals surface area contributed by atoms with Gasteiger partial charge in [0.05, 0.1) is 16.8 Å². The first-order valence-corrected chi connectivity index (χ1v) is 22.0. The van der Waals surface area contributed by atoms with E-state index in [0.717, 1.165) is 90.3 Å². The van der Waals surface area contributed by atoms with Crippen molar-refractivity contribution in [2.45, 2.75) is 77.3 Å². The number of aromatic nitrogens is 3. The van der Waals surface area contributed by atoms with Crippen LogP contribution in [0.5, 0.6) is 0 Å². The number of carbonyl (C=O) groups is 6. The summed E-state index contributed by atoms with van der Waals surface area (Å²) in [7, 11) is 0. The number of unbranched alkanes of at least 4 members (excludes halogenated alkanes) is 4. The summed E-state index contributed by atoms with van der Waals surface area (Å²) in [5.74, 6) is -1.57. The number of carbonyl (C=O) groups excluding carboxylic acids is 6. The van der Waals surface area contributed by atoms with Crippen molar-refractivity contribution < 1.29 is 28.8 Å². The molecule has 2 saturated heterocycles. The van der Waals surface area contributed by atoms with Crippen LogP contribution in [0.3, 0.4) is 0 Å². The predicted octanol–water partition coefficient (Wildman–Crippen LogP) is 6.47. The van der Waals surface area contributed by atoms with Gasteiger partial charge in [-0.05, 0) is 97.8 Å². The van der Waals surface area contributed by atoms with E-state index in [1.54, 1.807) is 30.7 Å². The summed E-state index contributed by atoms with van der Waals surface area (Å²) in [6.45, 7) is 5.62. The Hall–Kier alpha value is -7.13. The molecule has 3 aliphatic rings. The fourth-order valence-electron chi connectivity index (χ4n) is 8.50. The van der Waals surface area contributed by atoms with Crippen molar-refractivity contribution in [1.29, 1.82) is 0 Å². The molecule has 0 aliphatic carbocycles. The second-order valence-corrected chi connectivity index (χ2v) is 16.5. The van der Waals surface area contributed by atoms with E-state index in [-0.39, 0.29) is 24.7 Å². The maximum atomic E-state index is 13.4. The Bertz CT molecular complexity index is 2560. The van der Waals surface area contributed by atoms with Crippen LogP contribution in [0.2, 0.25) is 0 Å². The molecule has 2 fully saturated rings. The number of nitrogens with one attached hydrogen (secondary N) is 3. The number of anilines is 3. The van der Waals surface area contributed by atoms with Crippen molar-refractivity contribution >= 4 is 52.8 Å². The van der Waals surface area contributed by atoms with Crippen LogP contribution >= 0.6 is 0 Å². The van der Waals surface area contributed by atoms with Crippen LogP contribution < -0.4 is 16.0 Å². The SMILES string of the molecule is Cc1ccc(NC(=O)c2ccc(CN3CCN(C(=O)CCCCCCCc4cccc5c4C(=O)N(C4CCC(=O)NC4=O)C5=O)CC3)cc2)cc1Nc1nccc(-c2cccnc2)n1. The van der Waals surface area contributed by atoms with E-state index in [0.29, 0.717) is 54.3 Å². The number of hydrogen-bond acceptors (Lipinski definition) is 11. The minimum atomic E-state index is -0.978. The number of piperazine rings is 1. The van der Waals surface area contributed by atoms with Gasteiger partial charge in [0.2, 0.25) is 23.7 Å². The van der Waals surface area contributed by atoms with Gasteiger partial charge in [0.25, 0.3) is 17.7 Å². The summed E-state index contributed by atoms with van der Waals surface area (Å²) in [6, 6.07) is 23.2. The van der Waals surface area contributed by atoms with Gasteiger partial charge >= 0.3 is 0 Å². The molecule has 0 saturated carbocycles. The van der Waals surface area contributed by atoms with Gasteiger partial charge in [0.15, 0.2) is 0 Å². The Morgan fingerprint density at radius 1 is 0.828 bits per heavy atom. The highest BCUT2D eigenvalue weighted by atomic mass is 16.2. The van der Waals surface area contributed by atoms with E-state index in [9.17, 15) is 28.8 Å². The summed E-state index contributed by atoms with van der Waals surface area (Å²) in [5.41, 5.74) is 7.14. The molecule has 5 aromatic rings. The summed E-state index contributed by atoms with van der Waals surface area (Å²) >= 11 is 0. The smallest absolute Gasteiger partial charge is 0.262 e. The van der Waals surface area contributed by atoms with Crippen LogP contribution in [0.25, 0.3) is 11.3 Å². The Balaban J connectivity index is 0.724. The van der Waals surface area contributed by atoms with E-state index < -0.39 is 29.7 Å². The number of pyridine rings is 1. The number of nitrogens with zero attached hydrogens (tertiary/aromatic N) is 6. The Kier molecular flexibility index (Phi) is 13.6. The zero-order chi connectivity index (χ0) is 44.6. The highest BCUT2D eigenvalue weighted by molar-refractivity contribution is 6.24. The van der Waals surface area contributed by atoms with E-state index in [4.69, 9.17) is 0 Å². The third kappa shape index (κ3) is 10.2. The first-order valence-electron chi connectivity index (χ1n) is 22.0. The number of aryl methyl sites for hydroxylation is 2. The van der Waals surface area contributed by atoms with Crippen molar-refractivity contribution in [2.24, 2.45) is 0 Å². The summed E-state index contributed by atoms with van der Waals surface area (Å²) < 4.78 is 0. The number of imide groups is 2. The van der Waals surface area contributed by atoms with Gasteiger partial charge in [-0.25, -0.2) is 9.97 Å². The number of rotatable bonds is 16. The van der Waals surface area contributed by atoms with Crippen LogP contribution in [-0.4, -0.2) is 97.3 Å². The van der Waals surface area contributed by atoms with E-state index in [1.165, 1.54) is 0 Å². The molecule has 8 rings (SSSR count). The lowest BCUT2D eigenvalue weighted by molar-refractivity contribution is -0.136. The molecule has 6 amide bonds. The first-order chi connectivity index (χ1) is 31.1. The fraction of sp³-hybridized carbons (Fsp3) is 0.327. The minimum Gasteiger partial charge on any atom is -0.340 e. The molecule has 2 aromatic heterocycles. The highest BCUT2D eigenvalue weighted by Crippen LogP contribution is 2.31. The van der Waals surface area contributed by atoms with E-state index >= 15 is 0 Å². The van der Waals surface area contributed by atoms with Gasteiger partial charge in [-0.3, -0.25) is 48.9 Å². The molecule has 1 unspecified atom stereocenters. The Labute approximate surface area is 371 Å². The Morgan fingerprint density at radius 3 is 2.41 bits per heavy atom. The molecule has 5 heterocycles. The largest absolute Gasteiger partial charge is 0.340 e. The summed E-state index contributed by atoms with van der Waals surface area (Å²) in [6.07, 6.45) is 11.0. The van der Waals surface area contributed by atoms with Crippen LogP contribution in [0.4, 0.5) is 17.3 Å². The van der Waals surface area contributed by atoms with E-state index in [1.807, 2.05) is 78.6 Å². The maximum Gasteiger partial charge on any atom is 0.262 e. The predicted molar refractivity (Wildman–Crippen MR) is 240 cm³/mol. The average molecular weight is 862 g/mol. The van der Waals surface area contributed by atoms with Crippen molar-refractivity contribution in [3.05, 3.63) is 131 Å². The molecular formula is C49H51N9O6.